The Labute approximate surface area is 128 Å². The minimum atomic E-state index is -4.17. The zero-order chi connectivity index (χ0) is 17.1. The van der Waals surface area contributed by atoms with Gasteiger partial charge < -0.3 is 14.6 Å². The molecule has 0 bridgehead atoms. The second-order valence-corrected chi connectivity index (χ2v) is 6.22. The molecule has 0 unspecified atom stereocenters. The lowest BCUT2D eigenvalue weighted by Crippen LogP contribution is -2.40. The fraction of sp³-hybridized carbons (Fsp3) is 0.769. The van der Waals surface area contributed by atoms with Crippen molar-refractivity contribution in [2.45, 2.75) is 27.2 Å². The average Bonchev–Trinajstić information content (AvgIpc) is 2.33. The Morgan fingerprint density at radius 2 is 1.90 bits per heavy atom. The summed E-state index contributed by atoms with van der Waals surface area (Å²) in [5, 5.41) is 11.1. The van der Waals surface area contributed by atoms with Gasteiger partial charge in [-0.05, 0) is 32.2 Å². The monoisotopic (exact) mass is 324 g/mol. The molecule has 0 aliphatic heterocycles. The van der Waals surface area contributed by atoms with Gasteiger partial charge in [-0.2, -0.15) is 8.42 Å². The molecule has 8 heteroatoms. The summed E-state index contributed by atoms with van der Waals surface area (Å²) in [6, 6.07) is 0. The van der Waals surface area contributed by atoms with E-state index in [-0.39, 0.29) is 12.5 Å². The highest BCUT2D eigenvalue weighted by Gasteiger charge is 2.09. The maximum atomic E-state index is 11.1. The van der Waals surface area contributed by atoms with Crippen LogP contribution in [0.4, 0.5) is 0 Å². The van der Waals surface area contributed by atoms with E-state index in [1.165, 1.54) is 6.92 Å². The summed E-state index contributed by atoms with van der Waals surface area (Å²) in [4.78, 5) is 3.91. The lowest BCUT2D eigenvalue weighted by molar-refractivity contribution is -0.888. The fourth-order valence-corrected chi connectivity index (χ4v) is 1.42. The average molecular weight is 324 g/mol. The van der Waals surface area contributed by atoms with Gasteiger partial charge in [-0.3, -0.25) is 4.55 Å². The summed E-state index contributed by atoms with van der Waals surface area (Å²) >= 11 is 0. The molecular weight excluding hydrogens is 296 g/mol. The second-order valence-electron chi connectivity index (χ2n) is 5.13. The molecule has 0 saturated carbocycles. The number of nitrogens with zero attached hydrogens (tertiary/aromatic N) is 2. The van der Waals surface area contributed by atoms with Gasteiger partial charge in [0.2, 0.25) is 0 Å². The Morgan fingerprint density at radius 1 is 1.38 bits per heavy atom. The van der Waals surface area contributed by atoms with Gasteiger partial charge in [0, 0.05) is 13.0 Å². The first-order chi connectivity index (χ1) is 9.45. The number of hydrogen-bond donors (Lipinski definition) is 1. The predicted molar refractivity (Wildman–Crippen MR) is 82.4 cm³/mol. The third kappa shape index (κ3) is 17.0. The molecule has 0 saturated heterocycles. The molecule has 0 heterocycles. The van der Waals surface area contributed by atoms with E-state index in [1.807, 2.05) is 0 Å². The first kappa shape index (κ1) is 22.3. The number of rotatable bonds is 8. The van der Waals surface area contributed by atoms with Gasteiger partial charge in [-0.1, -0.05) is 6.58 Å². The molecule has 7 nitrogen and oxygen atoms in total. The van der Waals surface area contributed by atoms with Crippen molar-refractivity contribution in [1.82, 2.24) is 0 Å². The van der Waals surface area contributed by atoms with Crippen LogP contribution in [-0.4, -0.2) is 63.7 Å². The first-order valence-corrected chi connectivity index (χ1v) is 8.13. The molecule has 126 valence electrons. The number of hydrogen-bond acceptors (Lipinski definition) is 5. The van der Waals surface area contributed by atoms with E-state index in [4.69, 9.17) is 4.55 Å². The molecule has 21 heavy (non-hydrogen) atoms. The summed E-state index contributed by atoms with van der Waals surface area (Å²) in [6.07, 6.45) is 0.958. The van der Waals surface area contributed by atoms with Crippen molar-refractivity contribution in [2.75, 3.05) is 40.3 Å². The normalized spacial score (nSPS) is 12.6. The first-order valence-electron chi connectivity index (χ1n) is 6.76. The zero-order valence-corrected chi connectivity index (χ0v) is 14.4. The third-order valence-corrected chi connectivity index (χ3v) is 3.20. The highest BCUT2D eigenvalue weighted by molar-refractivity contribution is 7.80. The Kier molecular flexibility index (Phi) is 11.4. The highest BCUT2D eigenvalue weighted by Crippen LogP contribution is 1.98. The van der Waals surface area contributed by atoms with Crippen LogP contribution in [0.25, 0.3) is 0 Å². The van der Waals surface area contributed by atoms with Crippen LogP contribution in [0.15, 0.2) is 17.1 Å². The molecule has 0 aliphatic carbocycles. The van der Waals surface area contributed by atoms with Crippen LogP contribution in [0.2, 0.25) is 0 Å². The molecule has 0 spiro atoms. The lowest BCUT2D eigenvalue weighted by atomic mass is 10.3. The summed E-state index contributed by atoms with van der Waals surface area (Å²) in [5.41, 5.74) is 0.522. The van der Waals surface area contributed by atoms with Crippen LogP contribution in [0.5, 0.6) is 0 Å². The van der Waals surface area contributed by atoms with Gasteiger partial charge in [0.05, 0.1) is 33.8 Å². The van der Waals surface area contributed by atoms with E-state index < -0.39 is 10.4 Å². The summed E-state index contributed by atoms with van der Waals surface area (Å²) in [7, 11) is 0.188. The summed E-state index contributed by atoms with van der Waals surface area (Å²) in [6.45, 7) is 11.6. The Balaban J connectivity index is 0. The number of quaternary nitrogens is 1. The summed E-state index contributed by atoms with van der Waals surface area (Å²) in [5.74, 6) is -0.160. The van der Waals surface area contributed by atoms with Crippen molar-refractivity contribution in [1.29, 1.82) is 0 Å². The van der Waals surface area contributed by atoms with E-state index in [9.17, 15) is 13.5 Å². The fourth-order valence-electron chi connectivity index (χ4n) is 1.12. The van der Waals surface area contributed by atoms with E-state index in [0.717, 1.165) is 24.0 Å². The molecule has 0 rings (SSSR count). The topological polar surface area (TPSA) is 99.0 Å². The van der Waals surface area contributed by atoms with E-state index in [0.29, 0.717) is 12.1 Å². The van der Waals surface area contributed by atoms with Crippen LogP contribution in [-0.2, 0) is 14.6 Å². The lowest BCUT2D eigenvalue weighted by Gasteiger charge is -2.27. The SMILES string of the molecule is C=C(C)C([O-])=NCCC[N+](C)(C)CC.CCOS(=O)(=O)O. The predicted octanol–water partition coefficient (Wildman–Crippen LogP) is 0.633. The minimum Gasteiger partial charge on any atom is -0.859 e. The van der Waals surface area contributed by atoms with Gasteiger partial charge in [0.1, 0.15) is 0 Å². The third-order valence-electron chi connectivity index (χ3n) is 2.66. The zero-order valence-electron chi connectivity index (χ0n) is 13.6. The smallest absolute Gasteiger partial charge is 0.397 e. The van der Waals surface area contributed by atoms with Gasteiger partial charge >= 0.3 is 10.4 Å². The molecule has 0 radical (unpaired) electrons. The molecule has 0 aromatic carbocycles. The van der Waals surface area contributed by atoms with Crippen molar-refractivity contribution in [3.8, 4) is 0 Å². The minimum absolute atomic E-state index is 0.0289. The molecule has 0 fully saturated rings. The standard InChI is InChI=1S/C11H22N2O.C2H6O4S/c1-6-13(4,5)9-7-8-12-11(14)10(2)3;1-2-6-7(3,4)5/h2,6-9H2,1,3-5H3;2H2,1H3,(H,3,4,5). The maximum Gasteiger partial charge on any atom is 0.397 e. The van der Waals surface area contributed by atoms with Crippen LogP contribution < -0.4 is 5.11 Å². The molecular formula is C13H28N2O5S. The molecule has 0 amide bonds. The Morgan fingerprint density at radius 3 is 2.19 bits per heavy atom. The van der Waals surface area contributed by atoms with Crippen molar-refractivity contribution in [3.63, 3.8) is 0 Å². The number of aliphatic imine (C=N–C) groups is 1. The highest BCUT2D eigenvalue weighted by atomic mass is 32.3. The van der Waals surface area contributed by atoms with E-state index in [2.05, 4.69) is 36.8 Å². The van der Waals surface area contributed by atoms with E-state index in [1.54, 1.807) is 6.92 Å². The molecule has 0 aliphatic rings. The van der Waals surface area contributed by atoms with Crippen molar-refractivity contribution in [3.05, 3.63) is 12.2 Å². The van der Waals surface area contributed by atoms with Crippen molar-refractivity contribution >= 4 is 16.3 Å². The van der Waals surface area contributed by atoms with Gasteiger partial charge in [-0.15, -0.1) is 0 Å². The second kappa shape index (κ2) is 10.7. The van der Waals surface area contributed by atoms with E-state index >= 15 is 0 Å². The van der Waals surface area contributed by atoms with Gasteiger partial charge in [0.25, 0.3) is 0 Å². The van der Waals surface area contributed by atoms with Crippen LogP contribution in [0.1, 0.15) is 27.2 Å². The summed E-state index contributed by atoms with van der Waals surface area (Å²) < 4.78 is 31.6. The van der Waals surface area contributed by atoms with Crippen LogP contribution >= 0.6 is 0 Å². The van der Waals surface area contributed by atoms with Crippen molar-refractivity contribution < 1.29 is 26.7 Å². The Hall–Kier alpha value is -0.960. The largest absolute Gasteiger partial charge is 0.859 e. The molecule has 1 N–H and O–H groups in total. The van der Waals surface area contributed by atoms with Crippen molar-refractivity contribution in [2.24, 2.45) is 4.99 Å². The van der Waals surface area contributed by atoms with Crippen LogP contribution in [0.3, 0.4) is 0 Å². The van der Waals surface area contributed by atoms with Gasteiger partial charge in [-0.25, -0.2) is 4.18 Å². The van der Waals surface area contributed by atoms with Gasteiger partial charge in [0.15, 0.2) is 0 Å². The quantitative estimate of drug-likeness (QED) is 0.232. The Bertz CT molecular complexity index is 430. The molecule has 0 aromatic rings. The molecule has 0 aromatic heterocycles. The maximum absolute atomic E-state index is 11.1. The van der Waals surface area contributed by atoms with Crippen LogP contribution in [0, 0.1) is 0 Å². The molecule has 0 atom stereocenters.